The molecule has 0 heterocycles. The van der Waals surface area contributed by atoms with Gasteiger partial charge in [-0.25, -0.2) is 4.79 Å². The van der Waals surface area contributed by atoms with E-state index in [1.54, 1.807) is 19.1 Å². The lowest BCUT2D eigenvalue weighted by Gasteiger charge is -2.13. The summed E-state index contributed by atoms with van der Waals surface area (Å²) in [5, 5.41) is 2.67. The van der Waals surface area contributed by atoms with E-state index in [0.717, 1.165) is 5.56 Å². The van der Waals surface area contributed by atoms with E-state index in [4.69, 9.17) is 4.74 Å². The molecule has 0 aliphatic rings. The van der Waals surface area contributed by atoms with Crippen molar-refractivity contribution in [1.29, 1.82) is 0 Å². The number of nitrogens with one attached hydrogen (secondary N) is 1. The molecule has 0 saturated heterocycles. The van der Waals surface area contributed by atoms with E-state index in [9.17, 15) is 9.59 Å². The lowest BCUT2D eigenvalue weighted by molar-refractivity contribution is 0.0966. The molecular formula is C18H19NO3. The summed E-state index contributed by atoms with van der Waals surface area (Å²) >= 11 is 0. The molecule has 1 atom stereocenters. The number of benzene rings is 2. The van der Waals surface area contributed by atoms with Gasteiger partial charge in [0.1, 0.15) is 6.61 Å². The quantitative estimate of drug-likeness (QED) is 0.829. The van der Waals surface area contributed by atoms with Crippen molar-refractivity contribution < 1.29 is 14.3 Å². The Morgan fingerprint density at radius 3 is 2.23 bits per heavy atom. The fraction of sp³-hybridized carbons (Fsp3) is 0.222. The van der Waals surface area contributed by atoms with Crippen LogP contribution in [0.5, 0.6) is 0 Å². The number of hydrogen-bond acceptors (Lipinski definition) is 3. The molecule has 1 N–H and O–H groups in total. The van der Waals surface area contributed by atoms with Crippen molar-refractivity contribution in [2.75, 3.05) is 0 Å². The second-order valence-corrected chi connectivity index (χ2v) is 5.10. The minimum absolute atomic E-state index is 0.00328. The third-order valence-electron chi connectivity index (χ3n) is 3.16. The summed E-state index contributed by atoms with van der Waals surface area (Å²) in [4.78, 5) is 23.7. The molecule has 1 unspecified atom stereocenters. The zero-order valence-corrected chi connectivity index (χ0v) is 12.5. The number of alkyl carbamates (subject to hydrolysis) is 1. The zero-order valence-electron chi connectivity index (χ0n) is 12.5. The van der Waals surface area contributed by atoms with E-state index < -0.39 is 6.09 Å². The molecule has 114 valence electrons. The van der Waals surface area contributed by atoms with Crippen molar-refractivity contribution in [3.05, 3.63) is 71.8 Å². The summed E-state index contributed by atoms with van der Waals surface area (Å²) in [7, 11) is 0. The Hall–Kier alpha value is -2.62. The lowest BCUT2D eigenvalue weighted by Crippen LogP contribution is -2.34. The first-order valence-electron chi connectivity index (χ1n) is 7.20. The van der Waals surface area contributed by atoms with E-state index in [2.05, 4.69) is 5.32 Å². The maximum Gasteiger partial charge on any atom is 0.407 e. The average Bonchev–Trinajstić information content (AvgIpc) is 2.54. The Morgan fingerprint density at radius 1 is 1.00 bits per heavy atom. The van der Waals surface area contributed by atoms with Gasteiger partial charge in [-0.2, -0.15) is 0 Å². The molecular weight excluding hydrogens is 278 g/mol. The number of ketones is 1. The van der Waals surface area contributed by atoms with Gasteiger partial charge in [0, 0.05) is 18.0 Å². The van der Waals surface area contributed by atoms with Crippen LogP contribution >= 0.6 is 0 Å². The van der Waals surface area contributed by atoms with Crippen molar-refractivity contribution in [2.24, 2.45) is 0 Å². The van der Waals surface area contributed by atoms with Crippen LogP contribution in [-0.2, 0) is 11.3 Å². The van der Waals surface area contributed by atoms with Gasteiger partial charge < -0.3 is 10.1 Å². The fourth-order valence-corrected chi connectivity index (χ4v) is 2.04. The molecule has 0 aromatic heterocycles. The van der Waals surface area contributed by atoms with Gasteiger partial charge in [-0.15, -0.1) is 0 Å². The number of carbonyl (C=O) groups is 2. The fourth-order valence-electron chi connectivity index (χ4n) is 2.04. The van der Waals surface area contributed by atoms with Crippen LogP contribution in [0.15, 0.2) is 60.7 Å². The molecule has 0 aliphatic heterocycles. The van der Waals surface area contributed by atoms with E-state index in [1.165, 1.54) is 0 Å². The van der Waals surface area contributed by atoms with Crippen LogP contribution in [0.2, 0.25) is 0 Å². The first-order valence-corrected chi connectivity index (χ1v) is 7.20. The van der Waals surface area contributed by atoms with Crippen LogP contribution in [0.3, 0.4) is 0 Å². The maximum absolute atomic E-state index is 12.0. The minimum atomic E-state index is -0.516. The van der Waals surface area contributed by atoms with Crippen LogP contribution in [0.25, 0.3) is 0 Å². The van der Waals surface area contributed by atoms with Crippen LogP contribution in [0.1, 0.15) is 29.3 Å². The molecule has 0 aliphatic carbocycles. The van der Waals surface area contributed by atoms with Crippen LogP contribution in [0.4, 0.5) is 4.79 Å². The molecule has 0 radical (unpaired) electrons. The van der Waals surface area contributed by atoms with Gasteiger partial charge in [-0.05, 0) is 12.5 Å². The standard InChI is InChI=1S/C18H19NO3/c1-14(12-17(20)16-10-6-3-7-11-16)19-18(21)22-13-15-8-4-2-5-9-15/h2-11,14H,12-13H2,1H3,(H,19,21). The topological polar surface area (TPSA) is 55.4 Å². The Kier molecular flexibility index (Phi) is 5.72. The van der Waals surface area contributed by atoms with Gasteiger partial charge in [0.05, 0.1) is 0 Å². The number of rotatable bonds is 6. The van der Waals surface area contributed by atoms with Crippen LogP contribution in [0, 0.1) is 0 Å². The number of ether oxygens (including phenoxy) is 1. The Balaban J connectivity index is 1.75. The van der Waals surface area contributed by atoms with Crippen molar-refractivity contribution in [3.63, 3.8) is 0 Å². The second-order valence-electron chi connectivity index (χ2n) is 5.10. The lowest BCUT2D eigenvalue weighted by atomic mass is 10.1. The first kappa shape index (κ1) is 15.8. The monoisotopic (exact) mass is 297 g/mol. The van der Waals surface area contributed by atoms with E-state index in [1.807, 2.05) is 48.5 Å². The molecule has 2 aromatic rings. The number of Topliss-reactive ketones (excluding diaryl/α,β-unsaturated/α-hetero) is 1. The highest BCUT2D eigenvalue weighted by molar-refractivity contribution is 5.96. The first-order chi connectivity index (χ1) is 10.6. The summed E-state index contributed by atoms with van der Waals surface area (Å²) in [5.41, 5.74) is 1.57. The zero-order chi connectivity index (χ0) is 15.8. The minimum Gasteiger partial charge on any atom is -0.445 e. The average molecular weight is 297 g/mol. The predicted octanol–water partition coefficient (Wildman–Crippen LogP) is 3.57. The van der Waals surface area contributed by atoms with Crippen molar-refractivity contribution in [2.45, 2.75) is 26.0 Å². The molecule has 1 amide bonds. The highest BCUT2D eigenvalue weighted by Crippen LogP contribution is 2.06. The summed E-state index contributed by atoms with van der Waals surface area (Å²) in [5.74, 6) is -0.00328. The van der Waals surface area contributed by atoms with Crippen LogP contribution < -0.4 is 5.32 Å². The third kappa shape index (κ3) is 5.05. The molecule has 0 spiro atoms. The molecule has 0 fully saturated rings. The van der Waals surface area contributed by atoms with Gasteiger partial charge in [-0.3, -0.25) is 4.79 Å². The SMILES string of the molecule is CC(CC(=O)c1ccccc1)NC(=O)OCc1ccccc1. The number of carbonyl (C=O) groups excluding carboxylic acids is 2. The highest BCUT2D eigenvalue weighted by atomic mass is 16.5. The summed E-state index contributed by atoms with van der Waals surface area (Å²) in [6.45, 7) is 2.00. The van der Waals surface area contributed by atoms with Gasteiger partial charge in [0.2, 0.25) is 0 Å². The van der Waals surface area contributed by atoms with E-state index >= 15 is 0 Å². The van der Waals surface area contributed by atoms with Gasteiger partial charge in [0.15, 0.2) is 5.78 Å². The van der Waals surface area contributed by atoms with Crippen LogP contribution in [-0.4, -0.2) is 17.9 Å². The molecule has 22 heavy (non-hydrogen) atoms. The molecule has 0 saturated carbocycles. The van der Waals surface area contributed by atoms with Gasteiger partial charge in [0.25, 0.3) is 0 Å². The normalized spacial score (nSPS) is 11.5. The van der Waals surface area contributed by atoms with Gasteiger partial charge in [-0.1, -0.05) is 60.7 Å². The largest absolute Gasteiger partial charge is 0.445 e. The number of hydrogen-bond donors (Lipinski definition) is 1. The number of amides is 1. The summed E-state index contributed by atoms with van der Waals surface area (Å²) in [6.07, 6.45) is -0.276. The predicted molar refractivity (Wildman–Crippen MR) is 84.6 cm³/mol. The summed E-state index contributed by atoms with van der Waals surface area (Å²) < 4.78 is 5.12. The molecule has 4 heteroatoms. The second kappa shape index (κ2) is 7.98. The Bertz CT molecular complexity index is 611. The Labute approximate surface area is 130 Å². The van der Waals surface area contributed by atoms with Crippen molar-refractivity contribution in [3.8, 4) is 0 Å². The molecule has 2 aromatic carbocycles. The summed E-state index contributed by atoms with van der Waals surface area (Å²) in [6, 6.07) is 18.2. The van der Waals surface area contributed by atoms with E-state index in [0.29, 0.717) is 5.56 Å². The maximum atomic E-state index is 12.0. The molecule has 4 nitrogen and oxygen atoms in total. The molecule has 0 bridgehead atoms. The van der Waals surface area contributed by atoms with Crippen molar-refractivity contribution >= 4 is 11.9 Å². The third-order valence-corrected chi connectivity index (χ3v) is 3.16. The van der Waals surface area contributed by atoms with E-state index in [-0.39, 0.29) is 24.9 Å². The van der Waals surface area contributed by atoms with Gasteiger partial charge >= 0.3 is 6.09 Å². The highest BCUT2D eigenvalue weighted by Gasteiger charge is 2.14. The molecule has 2 rings (SSSR count). The Morgan fingerprint density at radius 2 is 1.59 bits per heavy atom. The smallest absolute Gasteiger partial charge is 0.407 e. The van der Waals surface area contributed by atoms with Crippen molar-refractivity contribution in [1.82, 2.24) is 5.32 Å².